The van der Waals surface area contributed by atoms with Gasteiger partial charge in [-0.1, -0.05) is 18.2 Å². The zero-order valence-corrected chi connectivity index (χ0v) is 13.1. The van der Waals surface area contributed by atoms with Crippen molar-refractivity contribution in [2.75, 3.05) is 6.54 Å². The van der Waals surface area contributed by atoms with Crippen molar-refractivity contribution < 1.29 is 9.90 Å². The van der Waals surface area contributed by atoms with Crippen LogP contribution in [0.15, 0.2) is 24.3 Å². The maximum Gasteiger partial charge on any atom is 0.315 e. The van der Waals surface area contributed by atoms with Crippen LogP contribution in [-0.2, 0) is 6.54 Å². The summed E-state index contributed by atoms with van der Waals surface area (Å²) in [4.78, 5) is 16.1. The topological polar surface area (TPSA) is 103 Å². The smallest absolute Gasteiger partial charge is 0.315 e. The number of amides is 2. The number of hydrogen-bond acceptors (Lipinski definition) is 4. The number of urea groups is 1. The van der Waals surface area contributed by atoms with Gasteiger partial charge >= 0.3 is 6.03 Å². The monoisotopic (exact) mass is 315 g/mol. The van der Waals surface area contributed by atoms with Gasteiger partial charge in [0.15, 0.2) is 5.82 Å². The number of aromatic nitrogens is 3. The lowest BCUT2D eigenvalue weighted by Crippen LogP contribution is -2.49. The van der Waals surface area contributed by atoms with Crippen molar-refractivity contribution in [2.45, 2.75) is 38.3 Å². The third kappa shape index (κ3) is 3.87. The van der Waals surface area contributed by atoms with Gasteiger partial charge in [0.1, 0.15) is 5.82 Å². The highest BCUT2D eigenvalue weighted by Gasteiger charge is 2.34. The van der Waals surface area contributed by atoms with Gasteiger partial charge in [-0.2, -0.15) is 5.10 Å². The second kappa shape index (κ2) is 6.37. The Labute approximate surface area is 134 Å². The van der Waals surface area contributed by atoms with Crippen molar-refractivity contribution in [3.63, 3.8) is 0 Å². The number of aliphatic hydroxyl groups is 1. The van der Waals surface area contributed by atoms with Crippen LogP contribution < -0.4 is 10.6 Å². The highest BCUT2D eigenvalue weighted by atomic mass is 16.3. The molecule has 1 aliphatic rings. The van der Waals surface area contributed by atoms with Crippen LogP contribution in [0.5, 0.6) is 0 Å². The predicted octanol–water partition coefficient (Wildman–Crippen LogP) is 1.49. The van der Waals surface area contributed by atoms with Gasteiger partial charge in [0.2, 0.25) is 0 Å². The quantitative estimate of drug-likeness (QED) is 0.671. The van der Waals surface area contributed by atoms with Gasteiger partial charge in [-0.25, -0.2) is 9.78 Å². The molecule has 0 aliphatic heterocycles. The molecule has 3 rings (SSSR count). The SMILES string of the molecule is Cc1nc(-c2cccc(CNC(=O)NCC3(O)CCC3)c2)n[nH]1. The number of carbonyl (C=O) groups excluding carboxylic acids is 1. The van der Waals surface area contributed by atoms with Gasteiger partial charge < -0.3 is 15.7 Å². The molecule has 1 aromatic heterocycles. The lowest BCUT2D eigenvalue weighted by Gasteiger charge is -2.36. The molecule has 122 valence electrons. The normalized spacial score (nSPS) is 15.7. The highest BCUT2D eigenvalue weighted by molar-refractivity contribution is 5.74. The fraction of sp³-hybridized carbons (Fsp3) is 0.438. The van der Waals surface area contributed by atoms with Crippen molar-refractivity contribution in [3.05, 3.63) is 35.7 Å². The van der Waals surface area contributed by atoms with Crippen LogP contribution in [0, 0.1) is 6.92 Å². The Balaban J connectivity index is 1.53. The van der Waals surface area contributed by atoms with E-state index in [2.05, 4.69) is 25.8 Å². The lowest BCUT2D eigenvalue weighted by atomic mass is 9.80. The molecule has 7 nitrogen and oxygen atoms in total. The standard InChI is InChI=1S/C16H21N5O2/c1-11-19-14(21-20-11)13-5-2-4-12(8-13)9-17-15(22)18-10-16(23)6-3-7-16/h2,4-5,8,23H,3,6-7,9-10H2,1H3,(H2,17,18,22)(H,19,20,21). The van der Waals surface area contributed by atoms with Crippen LogP contribution in [0.1, 0.15) is 30.7 Å². The molecule has 4 N–H and O–H groups in total. The first kappa shape index (κ1) is 15.5. The molecule has 1 aromatic carbocycles. The maximum absolute atomic E-state index is 11.8. The van der Waals surface area contributed by atoms with Crippen LogP contribution in [0.2, 0.25) is 0 Å². The summed E-state index contributed by atoms with van der Waals surface area (Å²) in [5.74, 6) is 1.40. The molecule has 0 bridgehead atoms. The third-order valence-electron chi connectivity index (χ3n) is 4.10. The summed E-state index contributed by atoms with van der Waals surface area (Å²) in [5, 5.41) is 22.4. The molecular weight excluding hydrogens is 294 g/mol. The Kier molecular flexibility index (Phi) is 4.29. The van der Waals surface area contributed by atoms with Gasteiger partial charge in [0, 0.05) is 18.7 Å². The van der Waals surface area contributed by atoms with Crippen molar-refractivity contribution in [2.24, 2.45) is 0 Å². The lowest BCUT2D eigenvalue weighted by molar-refractivity contribution is -0.0290. The van der Waals surface area contributed by atoms with Gasteiger partial charge in [-0.05, 0) is 37.8 Å². The summed E-state index contributed by atoms with van der Waals surface area (Å²) in [6, 6.07) is 7.45. The van der Waals surface area contributed by atoms with E-state index in [-0.39, 0.29) is 6.03 Å². The van der Waals surface area contributed by atoms with Gasteiger partial charge in [-0.15, -0.1) is 0 Å². The molecule has 7 heteroatoms. The number of rotatable bonds is 5. The van der Waals surface area contributed by atoms with Crippen LogP contribution in [0.3, 0.4) is 0 Å². The molecule has 0 radical (unpaired) electrons. The first-order chi connectivity index (χ1) is 11.0. The average molecular weight is 315 g/mol. The van der Waals surface area contributed by atoms with Crippen LogP contribution in [0.25, 0.3) is 11.4 Å². The number of benzene rings is 1. The summed E-state index contributed by atoms with van der Waals surface area (Å²) < 4.78 is 0. The van der Waals surface area contributed by atoms with Gasteiger partial charge in [0.25, 0.3) is 0 Å². The summed E-state index contributed by atoms with van der Waals surface area (Å²) in [6.07, 6.45) is 2.53. The minimum absolute atomic E-state index is 0.274. The Morgan fingerprint density at radius 1 is 1.39 bits per heavy atom. The third-order valence-corrected chi connectivity index (χ3v) is 4.10. The summed E-state index contributed by atoms with van der Waals surface area (Å²) in [5.41, 5.74) is 1.15. The van der Waals surface area contributed by atoms with Crippen molar-refractivity contribution in [1.29, 1.82) is 0 Å². The van der Waals surface area contributed by atoms with Gasteiger partial charge in [-0.3, -0.25) is 5.10 Å². The molecular formula is C16H21N5O2. The van der Waals surface area contributed by atoms with E-state index < -0.39 is 5.60 Å². The van der Waals surface area contributed by atoms with E-state index >= 15 is 0 Å². The molecule has 2 amide bonds. The van der Waals surface area contributed by atoms with E-state index in [0.29, 0.717) is 18.9 Å². The molecule has 0 atom stereocenters. The molecule has 1 aliphatic carbocycles. The second-order valence-corrected chi connectivity index (χ2v) is 6.06. The summed E-state index contributed by atoms with van der Waals surface area (Å²) in [7, 11) is 0. The zero-order chi connectivity index (χ0) is 16.3. The van der Waals surface area contributed by atoms with E-state index in [0.717, 1.165) is 36.2 Å². The highest BCUT2D eigenvalue weighted by Crippen LogP contribution is 2.30. The van der Waals surface area contributed by atoms with E-state index in [1.807, 2.05) is 31.2 Å². The van der Waals surface area contributed by atoms with E-state index in [1.54, 1.807) is 0 Å². The molecule has 1 heterocycles. The summed E-state index contributed by atoms with van der Waals surface area (Å²) >= 11 is 0. The fourth-order valence-electron chi connectivity index (χ4n) is 2.54. The Morgan fingerprint density at radius 3 is 2.87 bits per heavy atom. The number of aryl methyl sites for hydroxylation is 1. The number of H-pyrrole nitrogens is 1. The Bertz CT molecular complexity index is 693. The molecule has 2 aromatic rings. The van der Waals surface area contributed by atoms with Crippen molar-refractivity contribution >= 4 is 6.03 Å². The van der Waals surface area contributed by atoms with Crippen molar-refractivity contribution in [1.82, 2.24) is 25.8 Å². The molecule has 0 saturated heterocycles. The number of aromatic amines is 1. The minimum atomic E-state index is -0.708. The Morgan fingerprint density at radius 2 is 2.22 bits per heavy atom. The van der Waals surface area contributed by atoms with Crippen LogP contribution in [0.4, 0.5) is 4.79 Å². The van der Waals surface area contributed by atoms with Crippen LogP contribution in [-0.4, -0.2) is 38.5 Å². The maximum atomic E-state index is 11.8. The summed E-state index contributed by atoms with van der Waals surface area (Å²) in [6.45, 7) is 2.55. The first-order valence-corrected chi connectivity index (χ1v) is 7.76. The predicted molar refractivity (Wildman–Crippen MR) is 85.6 cm³/mol. The molecule has 23 heavy (non-hydrogen) atoms. The van der Waals surface area contributed by atoms with E-state index in [1.165, 1.54) is 0 Å². The fourth-order valence-corrected chi connectivity index (χ4v) is 2.54. The molecule has 1 fully saturated rings. The number of nitrogens with zero attached hydrogens (tertiary/aromatic N) is 2. The second-order valence-electron chi connectivity index (χ2n) is 6.06. The first-order valence-electron chi connectivity index (χ1n) is 7.76. The molecule has 0 unspecified atom stereocenters. The van der Waals surface area contributed by atoms with Crippen molar-refractivity contribution in [3.8, 4) is 11.4 Å². The van der Waals surface area contributed by atoms with E-state index in [4.69, 9.17) is 0 Å². The number of carbonyl (C=O) groups is 1. The average Bonchev–Trinajstić information content (AvgIpc) is 2.96. The molecule has 0 spiro atoms. The minimum Gasteiger partial charge on any atom is -0.388 e. The Hall–Kier alpha value is -2.41. The van der Waals surface area contributed by atoms with E-state index in [9.17, 15) is 9.90 Å². The number of hydrogen-bond donors (Lipinski definition) is 4. The molecule has 1 saturated carbocycles. The largest absolute Gasteiger partial charge is 0.388 e. The number of nitrogens with one attached hydrogen (secondary N) is 3. The van der Waals surface area contributed by atoms with Gasteiger partial charge in [0.05, 0.1) is 5.60 Å². The van der Waals surface area contributed by atoms with Crippen LogP contribution >= 0.6 is 0 Å². The zero-order valence-electron chi connectivity index (χ0n) is 13.1.